The van der Waals surface area contributed by atoms with Crippen LogP contribution in [-0.2, 0) is 13.9 Å². The Morgan fingerprint density at radius 1 is 1.36 bits per heavy atom. The Kier molecular flexibility index (Phi) is 8.19. The maximum Gasteiger partial charge on any atom is 0.385 e. The molecule has 0 bridgehead atoms. The summed E-state index contributed by atoms with van der Waals surface area (Å²) in [5.41, 5.74) is 0. The molecule has 0 atom stereocenters. The van der Waals surface area contributed by atoms with Gasteiger partial charge in [0.25, 0.3) is 0 Å². The van der Waals surface area contributed by atoms with E-state index in [0.29, 0.717) is 0 Å². The quantitative estimate of drug-likeness (QED) is 0.218. The minimum absolute atomic E-state index is 0.825. The fourth-order valence-electron chi connectivity index (χ4n) is 0.970. The fraction of sp³-hybridized carbons (Fsp3) is 0.857. The van der Waals surface area contributed by atoms with Crippen molar-refractivity contribution in [1.82, 2.24) is 5.23 Å². The van der Waals surface area contributed by atoms with Gasteiger partial charge in [-0.05, 0) is 6.42 Å². The minimum atomic E-state index is 0.825. The Morgan fingerprint density at radius 3 is 2.29 bits per heavy atom. The summed E-state index contributed by atoms with van der Waals surface area (Å²) in [7, 11) is 5.63. The van der Waals surface area contributed by atoms with Crippen molar-refractivity contribution in [3.63, 3.8) is 0 Å². The maximum atomic E-state index is 5.04. The number of hydrogen-bond donors (Lipinski definition) is 0. The van der Waals surface area contributed by atoms with Gasteiger partial charge in [0, 0.05) is 5.23 Å². The highest BCUT2D eigenvalue weighted by atomic mass is 32.2. The predicted octanol–water partition coefficient (Wildman–Crippen LogP) is -0.235. The molecule has 0 amide bonds. The predicted molar refractivity (Wildman–Crippen MR) is 60.8 cm³/mol. The molecule has 5 nitrogen and oxygen atoms in total. The first-order chi connectivity index (χ1) is 6.71. The van der Waals surface area contributed by atoms with Crippen LogP contribution in [0, 0.1) is 0 Å². The summed E-state index contributed by atoms with van der Waals surface area (Å²) >= 11 is 1.23. The Hall–Kier alpha value is -0.0831. The summed E-state index contributed by atoms with van der Waals surface area (Å²) in [4.78, 5) is 10.1. The highest BCUT2D eigenvalue weighted by molar-refractivity contribution is 8.09. The first kappa shape index (κ1) is 13.9. The second-order valence-electron chi connectivity index (χ2n) is 2.58. The van der Waals surface area contributed by atoms with Crippen molar-refractivity contribution in [2.75, 3.05) is 27.9 Å². The molecule has 0 N–H and O–H groups in total. The zero-order valence-corrected chi connectivity index (χ0v) is 12.3. The van der Waals surface area contributed by atoms with Gasteiger partial charge in [-0.15, -0.1) is 0 Å². The van der Waals surface area contributed by atoms with Crippen LogP contribution >= 0.6 is 12.0 Å². The monoisotopic (exact) mass is 239 g/mol. The van der Waals surface area contributed by atoms with Gasteiger partial charge in [0.05, 0.1) is 27.9 Å². The molecule has 0 aliphatic heterocycles. The molecule has 14 heavy (non-hydrogen) atoms. The second kappa shape index (κ2) is 8.24. The van der Waals surface area contributed by atoms with Crippen LogP contribution in [0.2, 0.25) is 0 Å². The standard InChI is InChI=1S/C7H19N2O3SSi/c1-5-6-8(14)7(13-12-4)9(10-2)11-3/h5-6H2,1-4,14H3/q+1. The van der Waals surface area contributed by atoms with E-state index in [4.69, 9.17) is 13.9 Å². The number of nitrogens with zero attached hydrogens (tertiary/aromatic N) is 2. The summed E-state index contributed by atoms with van der Waals surface area (Å²) in [6.07, 6.45) is 1.08. The molecule has 0 aliphatic carbocycles. The van der Waals surface area contributed by atoms with Crippen LogP contribution in [0.3, 0.4) is 0 Å². The largest absolute Gasteiger partial charge is 0.385 e. The van der Waals surface area contributed by atoms with Crippen molar-refractivity contribution in [1.29, 1.82) is 0 Å². The van der Waals surface area contributed by atoms with Gasteiger partial charge in [0.2, 0.25) is 10.4 Å². The average molecular weight is 239 g/mol. The SMILES string of the molecule is CCC/[N+]([SiH3])=C(/SOC)N(OC)OC. The van der Waals surface area contributed by atoms with Crippen molar-refractivity contribution < 1.29 is 18.1 Å². The van der Waals surface area contributed by atoms with Gasteiger partial charge in [-0.2, -0.15) is 9.68 Å². The van der Waals surface area contributed by atoms with Crippen LogP contribution in [0.15, 0.2) is 0 Å². The lowest BCUT2D eigenvalue weighted by molar-refractivity contribution is -0.407. The third-order valence-corrected chi connectivity index (χ3v) is 3.50. The Balaban J connectivity index is 4.61. The molecule has 0 unspecified atom stereocenters. The molecule has 0 radical (unpaired) electrons. The van der Waals surface area contributed by atoms with Gasteiger partial charge >= 0.3 is 5.17 Å². The Labute approximate surface area is 92.6 Å². The molecule has 0 rings (SSSR count). The number of amidine groups is 1. The van der Waals surface area contributed by atoms with Gasteiger partial charge in [-0.1, -0.05) is 6.92 Å². The molecule has 0 aromatic heterocycles. The van der Waals surface area contributed by atoms with Crippen molar-refractivity contribution in [2.24, 2.45) is 0 Å². The van der Waals surface area contributed by atoms with E-state index in [9.17, 15) is 0 Å². The van der Waals surface area contributed by atoms with E-state index in [0.717, 1.165) is 28.5 Å². The topological polar surface area (TPSA) is 33.9 Å². The van der Waals surface area contributed by atoms with Crippen molar-refractivity contribution in [3.8, 4) is 0 Å². The van der Waals surface area contributed by atoms with Crippen LogP contribution in [-0.4, -0.2) is 52.9 Å². The minimum Gasteiger partial charge on any atom is -0.308 e. The Morgan fingerprint density at radius 2 is 1.93 bits per heavy atom. The van der Waals surface area contributed by atoms with Crippen molar-refractivity contribution >= 4 is 27.6 Å². The van der Waals surface area contributed by atoms with E-state index in [1.165, 1.54) is 17.3 Å². The molecule has 0 heterocycles. The third-order valence-electron chi connectivity index (χ3n) is 1.53. The molecule has 84 valence electrons. The van der Waals surface area contributed by atoms with E-state index in [1.54, 1.807) is 21.3 Å². The first-order valence-corrected chi connectivity index (χ1v) is 6.01. The van der Waals surface area contributed by atoms with Crippen LogP contribution in [0.5, 0.6) is 0 Å². The lowest BCUT2D eigenvalue weighted by Gasteiger charge is -2.12. The zero-order valence-electron chi connectivity index (χ0n) is 9.44. The number of rotatable bonds is 5. The van der Waals surface area contributed by atoms with Crippen LogP contribution in [0.1, 0.15) is 13.3 Å². The smallest absolute Gasteiger partial charge is 0.308 e. The lowest BCUT2D eigenvalue weighted by atomic mass is 10.5. The molecule has 0 saturated carbocycles. The van der Waals surface area contributed by atoms with Gasteiger partial charge in [0.15, 0.2) is 0 Å². The summed E-state index contributed by atoms with van der Waals surface area (Å²) < 4.78 is 7.15. The van der Waals surface area contributed by atoms with E-state index >= 15 is 0 Å². The van der Waals surface area contributed by atoms with Gasteiger partial charge in [-0.25, -0.2) is 0 Å². The van der Waals surface area contributed by atoms with Crippen molar-refractivity contribution in [3.05, 3.63) is 0 Å². The summed E-state index contributed by atoms with van der Waals surface area (Å²) in [5, 5.41) is 2.17. The number of hydrogen-bond acceptors (Lipinski definition) is 4. The van der Waals surface area contributed by atoms with Gasteiger partial charge < -0.3 is 8.42 Å². The second-order valence-corrected chi connectivity index (χ2v) is 4.52. The number of hydroxylamine groups is 2. The van der Waals surface area contributed by atoms with Gasteiger partial charge in [-0.3, -0.25) is 0 Å². The molecular formula is C7H19N2O3SSi+. The molecule has 0 spiro atoms. The first-order valence-electron chi connectivity index (χ1n) is 4.38. The average Bonchev–Trinajstić information content (AvgIpc) is 2.18. The molecule has 7 heteroatoms. The summed E-state index contributed by atoms with van der Waals surface area (Å²) in [5.74, 6) is 0. The summed E-state index contributed by atoms with van der Waals surface area (Å²) in [6.45, 7) is 3.10. The van der Waals surface area contributed by atoms with Crippen LogP contribution in [0.25, 0.3) is 0 Å². The van der Waals surface area contributed by atoms with E-state index in [2.05, 4.69) is 11.2 Å². The zero-order chi connectivity index (χ0) is 11.0. The normalized spacial score (nSPS) is 12.9. The van der Waals surface area contributed by atoms with E-state index in [1.807, 2.05) is 0 Å². The van der Waals surface area contributed by atoms with Crippen LogP contribution in [0.4, 0.5) is 0 Å². The fourth-order valence-corrected chi connectivity index (χ4v) is 2.38. The molecule has 0 fully saturated rings. The highest BCUT2D eigenvalue weighted by Crippen LogP contribution is 2.09. The lowest BCUT2D eigenvalue weighted by Crippen LogP contribution is -2.34. The van der Waals surface area contributed by atoms with Crippen molar-refractivity contribution in [2.45, 2.75) is 13.3 Å². The van der Waals surface area contributed by atoms with E-state index < -0.39 is 0 Å². The summed E-state index contributed by atoms with van der Waals surface area (Å²) in [6, 6.07) is 0. The van der Waals surface area contributed by atoms with Gasteiger partial charge in [0.1, 0.15) is 12.0 Å². The third kappa shape index (κ3) is 4.42. The van der Waals surface area contributed by atoms with Crippen LogP contribution < -0.4 is 0 Å². The molecule has 0 aliphatic rings. The maximum absolute atomic E-state index is 5.04. The Bertz CT molecular complexity index is 188. The molecule has 0 aromatic rings. The highest BCUT2D eigenvalue weighted by Gasteiger charge is 2.24. The molecule has 0 aromatic carbocycles. The van der Waals surface area contributed by atoms with E-state index in [-0.39, 0.29) is 0 Å². The molecule has 0 saturated heterocycles. The molecular weight excluding hydrogens is 220 g/mol.